The quantitative estimate of drug-likeness (QED) is 0.410. The Hall–Kier alpha value is -2.35. The lowest BCUT2D eigenvalue weighted by Crippen LogP contribution is -2.58. The van der Waals surface area contributed by atoms with Crippen LogP contribution in [0.4, 0.5) is 4.79 Å². The van der Waals surface area contributed by atoms with Gasteiger partial charge in [0.05, 0.1) is 4.34 Å². The monoisotopic (exact) mass is 662 g/mol. The molecule has 1 aromatic heterocycles. The van der Waals surface area contributed by atoms with E-state index in [1.165, 1.54) is 4.90 Å². The number of alkyl carbamates (subject to hydrolysis) is 1. The number of rotatable bonds is 4. The number of hydrogen-bond donors (Lipinski definition) is 3. The van der Waals surface area contributed by atoms with Gasteiger partial charge >= 0.3 is 6.09 Å². The lowest BCUT2D eigenvalue weighted by Gasteiger charge is -2.30. The van der Waals surface area contributed by atoms with Gasteiger partial charge in [-0.15, -0.1) is 11.3 Å². The molecule has 42 heavy (non-hydrogen) atoms. The number of nitrogens with zero attached hydrogens (tertiary/aromatic N) is 1. The average Bonchev–Trinajstić information content (AvgIpc) is 3.18. The second kappa shape index (κ2) is 12.7. The lowest BCUT2D eigenvalue weighted by atomic mass is 10.0. The molecule has 1 aliphatic carbocycles. The van der Waals surface area contributed by atoms with Crippen LogP contribution in [0, 0.1) is 5.92 Å². The Kier molecular flexibility index (Phi) is 9.86. The van der Waals surface area contributed by atoms with E-state index in [1.807, 2.05) is 12.2 Å². The number of hydrogen-bond acceptors (Lipinski definition) is 8. The van der Waals surface area contributed by atoms with Crippen molar-refractivity contribution in [3.05, 3.63) is 26.9 Å². The van der Waals surface area contributed by atoms with Crippen LogP contribution in [0.5, 0.6) is 0 Å². The van der Waals surface area contributed by atoms with Gasteiger partial charge < -0.3 is 20.3 Å². The molecule has 3 aliphatic rings. The molecule has 1 saturated carbocycles. The van der Waals surface area contributed by atoms with Crippen LogP contribution in [-0.2, 0) is 29.1 Å². The van der Waals surface area contributed by atoms with E-state index in [2.05, 4.69) is 15.4 Å². The van der Waals surface area contributed by atoms with E-state index in [0.717, 1.165) is 30.2 Å². The fourth-order valence-electron chi connectivity index (χ4n) is 5.32. The van der Waals surface area contributed by atoms with Crippen molar-refractivity contribution in [1.82, 2.24) is 20.3 Å². The molecule has 1 aromatic rings. The number of sulfonamides is 1. The maximum absolute atomic E-state index is 13.7. The highest BCUT2D eigenvalue weighted by molar-refractivity contribution is 7.90. The Morgan fingerprint density at radius 1 is 1.14 bits per heavy atom. The van der Waals surface area contributed by atoms with Crippen molar-refractivity contribution in [2.24, 2.45) is 5.92 Å². The minimum absolute atomic E-state index is 0.0918. The fraction of sp³-hybridized carbons (Fsp3) is 0.630. The summed E-state index contributed by atoms with van der Waals surface area (Å²) in [4.78, 5) is 54.5. The zero-order valence-electron chi connectivity index (χ0n) is 23.7. The van der Waals surface area contributed by atoms with Crippen LogP contribution in [0.3, 0.4) is 0 Å². The van der Waals surface area contributed by atoms with Crippen molar-refractivity contribution in [2.75, 3.05) is 6.54 Å². The van der Waals surface area contributed by atoms with E-state index in [4.69, 9.17) is 27.9 Å². The second-order valence-corrected chi connectivity index (χ2v) is 15.8. The minimum Gasteiger partial charge on any atom is -0.444 e. The third kappa shape index (κ3) is 7.59. The normalized spacial score (nSPS) is 27.2. The summed E-state index contributed by atoms with van der Waals surface area (Å²) in [5.74, 6) is -2.29. The SMILES string of the molecule is CC(C)(C)OC(=O)N[C@H]1CCCCCC=C[C@@H]2C[C@@]2(C(=O)NS(=O)(=O)c2cc(Cl)sc2Cl)NC(=O)[C@@H]2CCCN2C1=O. The Bertz CT molecular complexity index is 1370. The molecule has 0 radical (unpaired) electrons. The Morgan fingerprint density at radius 2 is 1.88 bits per heavy atom. The summed E-state index contributed by atoms with van der Waals surface area (Å²) >= 11 is 12.8. The Morgan fingerprint density at radius 3 is 2.55 bits per heavy atom. The number of nitrogens with one attached hydrogen (secondary N) is 3. The molecule has 3 heterocycles. The van der Waals surface area contributed by atoms with Gasteiger partial charge in [0.15, 0.2) is 0 Å². The number of thiophene rings is 1. The molecule has 3 N–H and O–H groups in total. The molecule has 4 atom stereocenters. The van der Waals surface area contributed by atoms with Crippen molar-refractivity contribution in [2.45, 2.75) is 100 Å². The number of carbonyl (C=O) groups excluding carboxylic acids is 4. The van der Waals surface area contributed by atoms with E-state index in [-0.39, 0.29) is 20.0 Å². The van der Waals surface area contributed by atoms with Crippen molar-refractivity contribution >= 4 is 68.4 Å². The zero-order valence-corrected chi connectivity index (χ0v) is 26.9. The molecule has 1 saturated heterocycles. The zero-order chi connectivity index (χ0) is 30.9. The summed E-state index contributed by atoms with van der Waals surface area (Å²) < 4.78 is 33.5. The molecule has 11 nitrogen and oxygen atoms in total. The molecule has 0 bridgehead atoms. The molecule has 2 fully saturated rings. The van der Waals surface area contributed by atoms with E-state index >= 15 is 0 Å². The van der Waals surface area contributed by atoms with E-state index in [1.54, 1.807) is 20.8 Å². The summed E-state index contributed by atoms with van der Waals surface area (Å²) in [5.41, 5.74) is -2.27. The van der Waals surface area contributed by atoms with Gasteiger partial charge in [0.25, 0.3) is 15.9 Å². The van der Waals surface area contributed by atoms with Gasteiger partial charge in [-0.3, -0.25) is 14.4 Å². The van der Waals surface area contributed by atoms with E-state index < -0.39 is 63.0 Å². The maximum atomic E-state index is 13.7. The van der Waals surface area contributed by atoms with Crippen LogP contribution < -0.4 is 15.4 Å². The average molecular weight is 664 g/mol. The first-order valence-electron chi connectivity index (χ1n) is 13.9. The Labute approximate surface area is 259 Å². The van der Waals surface area contributed by atoms with Gasteiger partial charge in [-0.25, -0.2) is 17.9 Å². The topological polar surface area (TPSA) is 151 Å². The first-order chi connectivity index (χ1) is 19.6. The van der Waals surface area contributed by atoms with Crippen LogP contribution in [0.15, 0.2) is 23.1 Å². The summed E-state index contributed by atoms with van der Waals surface area (Å²) in [5, 5.41) is 5.47. The molecule has 4 amide bonds. The van der Waals surface area contributed by atoms with Gasteiger partial charge in [0.1, 0.15) is 32.5 Å². The number of carbonyl (C=O) groups is 4. The molecule has 15 heteroatoms. The smallest absolute Gasteiger partial charge is 0.408 e. The largest absolute Gasteiger partial charge is 0.444 e. The summed E-state index contributed by atoms with van der Waals surface area (Å²) in [6.07, 6.45) is 7.48. The van der Waals surface area contributed by atoms with Crippen LogP contribution >= 0.6 is 34.5 Å². The molecule has 0 aromatic carbocycles. The Balaban J connectivity index is 1.57. The highest BCUT2D eigenvalue weighted by Crippen LogP contribution is 2.46. The minimum atomic E-state index is -4.37. The van der Waals surface area contributed by atoms with Gasteiger partial charge in [-0.1, -0.05) is 48.2 Å². The van der Waals surface area contributed by atoms with Crippen molar-refractivity contribution < 1.29 is 32.3 Å². The molecular weight excluding hydrogens is 627 g/mol. The predicted molar refractivity (Wildman–Crippen MR) is 159 cm³/mol. The summed E-state index contributed by atoms with van der Waals surface area (Å²) in [7, 11) is -4.37. The first kappa shape index (κ1) is 32.6. The van der Waals surface area contributed by atoms with Gasteiger partial charge in [0, 0.05) is 12.5 Å². The third-order valence-corrected chi connectivity index (χ3v) is 10.6. The van der Waals surface area contributed by atoms with Crippen LogP contribution in [0.1, 0.15) is 72.1 Å². The van der Waals surface area contributed by atoms with Crippen molar-refractivity contribution in [1.29, 1.82) is 0 Å². The van der Waals surface area contributed by atoms with Gasteiger partial charge in [0.2, 0.25) is 11.8 Å². The highest BCUT2D eigenvalue weighted by Gasteiger charge is 2.61. The highest BCUT2D eigenvalue weighted by atomic mass is 35.5. The number of halogens is 2. The third-order valence-electron chi connectivity index (χ3n) is 7.47. The van der Waals surface area contributed by atoms with E-state index in [0.29, 0.717) is 38.6 Å². The number of ether oxygens (including phenoxy) is 1. The molecule has 0 unspecified atom stereocenters. The standard InChI is InChI=1S/C27H36Cl2N4O7S2/c1-26(2,3)40-25(37)30-17-11-8-6-4-5-7-10-16-15-27(16,31-22(34)18-12-9-13-33(18)23(17)35)24(36)32-42(38,39)19-14-20(28)41-21(19)29/h7,10,14,16-18H,4-6,8-9,11-13,15H2,1-3H3,(H,30,37)(H,31,34)(H,32,36)/t16-,17+,18+,27-/m1/s1. The van der Waals surface area contributed by atoms with Crippen LogP contribution in [0.2, 0.25) is 8.67 Å². The number of amides is 4. The fourth-order valence-corrected chi connectivity index (χ4v) is 8.51. The summed E-state index contributed by atoms with van der Waals surface area (Å²) in [6, 6.07) is -0.611. The lowest BCUT2D eigenvalue weighted by molar-refractivity contribution is -0.141. The predicted octanol–water partition coefficient (Wildman–Crippen LogP) is 4.14. The number of fused-ring (bicyclic) bond motifs is 2. The second-order valence-electron chi connectivity index (χ2n) is 11.8. The van der Waals surface area contributed by atoms with Crippen molar-refractivity contribution in [3.63, 3.8) is 0 Å². The molecule has 4 rings (SSSR count). The molecular formula is C27H36Cl2N4O7S2. The van der Waals surface area contributed by atoms with Crippen LogP contribution in [-0.4, -0.2) is 66.9 Å². The number of allylic oxidation sites excluding steroid dienone is 1. The van der Waals surface area contributed by atoms with E-state index in [9.17, 15) is 27.6 Å². The molecule has 2 aliphatic heterocycles. The first-order valence-corrected chi connectivity index (χ1v) is 17.0. The van der Waals surface area contributed by atoms with Crippen LogP contribution in [0.25, 0.3) is 0 Å². The maximum Gasteiger partial charge on any atom is 0.408 e. The molecule has 0 spiro atoms. The molecule has 232 valence electrons. The van der Waals surface area contributed by atoms with Gasteiger partial charge in [-0.05, 0) is 65.4 Å². The summed E-state index contributed by atoms with van der Waals surface area (Å²) in [6.45, 7) is 5.49. The van der Waals surface area contributed by atoms with Gasteiger partial charge in [-0.2, -0.15) is 0 Å². The van der Waals surface area contributed by atoms with Crippen molar-refractivity contribution in [3.8, 4) is 0 Å².